The number of hydrogen-bond acceptors (Lipinski definition) is 4. The Morgan fingerprint density at radius 3 is 2.35 bits per heavy atom. The number of aromatic amines is 1. The van der Waals surface area contributed by atoms with Crippen LogP contribution < -0.4 is 0 Å². The van der Waals surface area contributed by atoms with Crippen LogP contribution in [0.2, 0.25) is 0 Å². The van der Waals surface area contributed by atoms with Gasteiger partial charge in [0.15, 0.2) is 0 Å². The van der Waals surface area contributed by atoms with Gasteiger partial charge in [0, 0.05) is 28.2 Å². The van der Waals surface area contributed by atoms with Gasteiger partial charge in [-0.15, -0.1) is 11.8 Å². The monoisotopic (exact) mass is 379 g/mol. The zero-order valence-electron chi connectivity index (χ0n) is 13.4. The maximum atomic E-state index is 13.5. The first-order valence-corrected chi connectivity index (χ1v) is 8.59. The summed E-state index contributed by atoms with van der Waals surface area (Å²) >= 11 is 1.32. The molecule has 1 N–H and O–H groups in total. The van der Waals surface area contributed by atoms with E-state index in [4.69, 9.17) is 0 Å². The summed E-state index contributed by atoms with van der Waals surface area (Å²) in [5.74, 6) is 0. The Bertz CT molecular complexity index is 953. The summed E-state index contributed by atoms with van der Waals surface area (Å²) in [6, 6.07) is 12.0. The predicted molar refractivity (Wildman–Crippen MR) is 92.9 cm³/mol. The fraction of sp³-hybridized carbons (Fsp3) is 0.118. The molecule has 0 spiro atoms. The van der Waals surface area contributed by atoms with E-state index in [1.165, 1.54) is 36.0 Å². The highest BCUT2D eigenvalue weighted by Gasteiger charge is 2.38. The molecule has 3 aromatic rings. The number of alkyl halides is 3. The number of non-ortho nitro benzene ring substituents is 1. The molecule has 0 atom stereocenters. The Morgan fingerprint density at radius 2 is 1.77 bits per heavy atom. The maximum Gasteiger partial charge on any atom is 0.433 e. The largest absolute Gasteiger partial charge is 0.433 e. The minimum atomic E-state index is -4.62. The molecular weight excluding hydrogens is 367 g/mol. The number of rotatable bonds is 4. The average Bonchev–Trinajstić information content (AvgIpc) is 3.07. The number of nitrogens with zero attached hydrogens (tertiary/aromatic N) is 2. The SMILES string of the molecule is CSc1ccccc1-c1c(-c2ccc([N+](=O)[O-])cc2)n[nH]c1C(F)(F)F. The summed E-state index contributed by atoms with van der Waals surface area (Å²) in [5, 5.41) is 16.7. The zero-order chi connectivity index (χ0) is 18.9. The second-order valence-electron chi connectivity index (χ2n) is 5.32. The van der Waals surface area contributed by atoms with Gasteiger partial charge in [0.25, 0.3) is 5.69 Å². The first-order chi connectivity index (χ1) is 12.3. The summed E-state index contributed by atoms with van der Waals surface area (Å²) in [4.78, 5) is 10.9. The van der Waals surface area contributed by atoms with Crippen LogP contribution in [0.3, 0.4) is 0 Å². The first kappa shape index (κ1) is 18.0. The van der Waals surface area contributed by atoms with E-state index in [1.54, 1.807) is 30.5 Å². The molecule has 5 nitrogen and oxygen atoms in total. The van der Waals surface area contributed by atoms with Crippen molar-refractivity contribution in [2.24, 2.45) is 0 Å². The van der Waals surface area contributed by atoms with Crippen LogP contribution in [0.15, 0.2) is 53.4 Å². The molecular formula is C17H12F3N3O2S. The summed E-state index contributed by atoms with van der Waals surface area (Å²) in [5.41, 5.74) is -0.327. The highest BCUT2D eigenvalue weighted by Crippen LogP contribution is 2.43. The summed E-state index contributed by atoms with van der Waals surface area (Å²) in [6.45, 7) is 0. The Balaban J connectivity index is 2.24. The van der Waals surface area contributed by atoms with Gasteiger partial charge in [-0.3, -0.25) is 15.2 Å². The van der Waals surface area contributed by atoms with Gasteiger partial charge in [0.2, 0.25) is 0 Å². The summed E-state index contributed by atoms with van der Waals surface area (Å²) in [7, 11) is 0. The van der Waals surface area contributed by atoms with Crippen LogP contribution >= 0.6 is 11.8 Å². The lowest BCUT2D eigenvalue weighted by molar-refractivity contribution is -0.384. The van der Waals surface area contributed by atoms with E-state index >= 15 is 0 Å². The molecule has 0 saturated heterocycles. The van der Waals surface area contributed by atoms with Gasteiger partial charge in [0.1, 0.15) is 11.4 Å². The second-order valence-corrected chi connectivity index (χ2v) is 6.17. The Morgan fingerprint density at radius 1 is 1.12 bits per heavy atom. The van der Waals surface area contributed by atoms with Gasteiger partial charge < -0.3 is 0 Å². The first-order valence-electron chi connectivity index (χ1n) is 7.36. The van der Waals surface area contributed by atoms with Crippen molar-refractivity contribution in [2.45, 2.75) is 11.1 Å². The molecule has 26 heavy (non-hydrogen) atoms. The normalized spacial score (nSPS) is 11.5. The van der Waals surface area contributed by atoms with Crippen LogP contribution in [-0.4, -0.2) is 21.4 Å². The van der Waals surface area contributed by atoms with Gasteiger partial charge >= 0.3 is 6.18 Å². The van der Waals surface area contributed by atoms with Crippen molar-refractivity contribution in [3.8, 4) is 22.4 Å². The molecule has 0 aliphatic heterocycles. The van der Waals surface area contributed by atoms with Crippen LogP contribution in [0, 0.1) is 10.1 Å². The van der Waals surface area contributed by atoms with Gasteiger partial charge in [0.05, 0.1) is 4.92 Å². The Kier molecular flexibility index (Phi) is 4.73. The van der Waals surface area contributed by atoms with Crippen LogP contribution in [0.5, 0.6) is 0 Å². The molecule has 134 valence electrons. The second kappa shape index (κ2) is 6.83. The molecule has 0 amide bonds. The quantitative estimate of drug-likeness (QED) is 0.375. The fourth-order valence-corrected chi connectivity index (χ4v) is 3.22. The molecule has 0 radical (unpaired) electrons. The van der Waals surface area contributed by atoms with E-state index in [1.807, 2.05) is 0 Å². The molecule has 2 aromatic carbocycles. The number of aromatic nitrogens is 2. The molecule has 0 aliphatic carbocycles. The van der Waals surface area contributed by atoms with E-state index in [0.29, 0.717) is 16.0 Å². The fourth-order valence-electron chi connectivity index (χ4n) is 2.61. The number of nitrogens with one attached hydrogen (secondary N) is 1. The van der Waals surface area contributed by atoms with Crippen molar-refractivity contribution in [3.63, 3.8) is 0 Å². The molecule has 0 unspecified atom stereocenters. The third kappa shape index (κ3) is 3.30. The van der Waals surface area contributed by atoms with Gasteiger partial charge in [-0.1, -0.05) is 18.2 Å². The zero-order valence-corrected chi connectivity index (χ0v) is 14.2. The number of nitro benzene ring substituents is 1. The lowest BCUT2D eigenvalue weighted by Gasteiger charge is -2.12. The van der Waals surface area contributed by atoms with Crippen LogP contribution in [0.25, 0.3) is 22.4 Å². The van der Waals surface area contributed by atoms with Crippen molar-refractivity contribution < 1.29 is 18.1 Å². The topological polar surface area (TPSA) is 71.8 Å². The van der Waals surface area contributed by atoms with E-state index in [9.17, 15) is 23.3 Å². The number of H-pyrrole nitrogens is 1. The number of hydrogen-bond donors (Lipinski definition) is 1. The molecule has 0 saturated carbocycles. The predicted octanol–water partition coefficient (Wildman–Crippen LogP) is 5.39. The average molecular weight is 379 g/mol. The molecule has 1 aromatic heterocycles. The van der Waals surface area contributed by atoms with E-state index in [0.717, 1.165) is 0 Å². The number of nitro groups is 1. The molecule has 9 heteroatoms. The van der Waals surface area contributed by atoms with Gasteiger partial charge in [-0.2, -0.15) is 18.3 Å². The lowest BCUT2D eigenvalue weighted by Crippen LogP contribution is -2.07. The third-order valence-electron chi connectivity index (χ3n) is 3.78. The van der Waals surface area contributed by atoms with E-state index in [2.05, 4.69) is 10.2 Å². The van der Waals surface area contributed by atoms with Crippen LogP contribution in [-0.2, 0) is 6.18 Å². The van der Waals surface area contributed by atoms with Crippen molar-refractivity contribution >= 4 is 17.4 Å². The van der Waals surface area contributed by atoms with E-state index < -0.39 is 16.8 Å². The molecule has 0 fully saturated rings. The third-order valence-corrected chi connectivity index (χ3v) is 4.57. The van der Waals surface area contributed by atoms with E-state index in [-0.39, 0.29) is 16.9 Å². The van der Waals surface area contributed by atoms with Gasteiger partial charge in [-0.05, 0) is 30.0 Å². The van der Waals surface area contributed by atoms with Crippen LogP contribution in [0.1, 0.15) is 5.69 Å². The molecule has 3 rings (SSSR count). The maximum absolute atomic E-state index is 13.5. The smallest absolute Gasteiger partial charge is 0.272 e. The van der Waals surface area contributed by atoms with Crippen molar-refractivity contribution in [1.82, 2.24) is 10.2 Å². The Hall–Kier alpha value is -2.81. The Labute approximate surface area is 150 Å². The minimum absolute atomic E-state index is 0.0729. The highest BCUT2D eigenvalue weighted by molar-refractivity contribution is 7.98. The number of thioether (sulfide) groups is 1. The van der Waals surface area contributed by atoms with Crippen molar-refractivity contribution in [1.29, 1.82) is 0 Å². The van der Waals surface area contributed by atoms with Crippen LogP contribution in [0.4, 0.5) is 18.9 Å². The van der Waals surface area contributed by atoms with Crippen molar-refractivity contribution in [2.75, 3.05) is 6.26 Å². The standard InChI is InChI=1S/C17H12F3N3O2S/c1-26-13-5-3-2-4-12(13)14-15(21-22-16(14)17(18,19)20)10-6-8-11(9-7-10)23(24)25/h2-9H,1H3,(H,21,22). The van der Waals surface area contributed by atoms with Gasteiger partial charge in [-0.25, -0.2) is 0 Å². The molecule has 0 aliphatic rings. The summed E-state index contributed by atoms with van der Waals surface area (Å²) < 4.78 is 40.5. The van der Waals surface area contributed by atoms with Crippen molar-refractivity contribution in [3.05, 3.63) is 64.3 Å². The number of halogens is 3. The number of benzene rings is 2. The minimum Gasteiger partial charge on any atom is -0.272 e. The molecule has 0 bridgehead atoms. The summed E-state index contributed by atoms with van der Waals surface area (Å²) in [6.07, 6.45) is -2.84. The molecule has 1 heterocycles. The lowest BCUT2D eigenvalue weighted by atomic mass is 9.98. The highest BCUT2D eigenvalue weighted by atomic mass is 32.2.